The summed E-state index contributed by atoms with van der Waals surface area (Å²) in [6.07, 6.45) is 3.63. The summed E-state index contributed by atoms with van der Waals surface area (Å²) in [6, 6.07) is 0. The number of hydrogen-bond acceptors (Lipinski definition) is 4. The Hall–Kier alpha value is -0.420. The molecule has 4 heteroatoms. The van der Waals surface area contributed by atoms with Crippen LogP contribution in [0.2, 0.25) is 0 Å². The molecule has 0 aliphatic heterocycles. The standard InChI is InChI=1S/C13H26O4/c1-3-9-17-11-13(4-2,10-15)7-5-12(16)6-8-14/h3,12,14-16H,1,4-11H2,2H3. The summed E-state index contributed by atoms with van der Waals surface area (Å²) in [7, 11) is 0. The monoisotopic (exact) mass is 246 g/mol. The molecule has 0 aromatic rings. The molecule has 0 heterocycles. The molecular formula is C13H26O4. The van der Waals surface area contributed by atoms with E-state index in [4.69, 9.17) is 9.84 Å². The number of ether oxygens (including phenoxy) is 1. The highest BCUT2D eigenvalue weighted by Crippen LogP contribution is 2.29. The quantitative estimate of drug-likeness (QED) is 0.377. The van der Waals surface area contributed by atoms with E-state index in [2.05, 4.69) is 6.58 Å². The fraction of sp³-hybridized carbons (Fsp3) is 0.846. The molecule has 0 bridgehead atoms. The zero-order valence-electron chi connectivity index (χ0n) is 10.8. The zero-order chi connectivity index (χ0) is 13.1. The van der Waals surface area contributed by atoms with E-state index < -0.39 is 6.10 Å². The first-order valence-electron chi connectivity index (χ1n) is 6.22. The van der Waals surface area contributed by atoms with Crippen LogP contribution >= 0.6 is 0 Å². The van der Waals surface area contributed by atoms with Crippen molar-refractivity contribution in [3.8, 4) is 0 Å². The van der Waals surface area contributed by atoms with Crippen LogP contribution in [0.3, 0.4) is 0 Å². The minimum atomic E-state index is -0.503. The van der Waals surface area contributed by atoms with Crippen molar-refractivity contribution in [2.45, 2.75) is 38.7 Å². The van der Waals surface area contributed by atoms with E-state index in [9.17, 15) is 10.2 Å². The summed E-state index contributed by atoms with van der Waals surface area (Å²) in [5.41, 5.74) is -0.292. The van der Waals surface area contributed by atoms with Gasteiger partial charge in [-0.15, -0.1) is 6.58 Å². The number of hydrogen-bond donors (Lipinski definition) is 3. The molecule has 0 fully saturated rings. The van der Waals surface area contributed by atoms with Gasteiger partial charge in [0.15, 0.2) is 0 Å². The van der Waals surface area contributed by atoms with Crippen molar-refractivity contribution in [3.63, 3.8) is 0 Å². The van der Waals surface area contributed by atoms with Gasteiger partial charge in [0, 0.05) is 12.0 Å². The molecule has 3 N–H and O–H groups in total. The van der Waals surface area contributed by atoms with Crippen LogP contribution < -0.4 is 0 Å². The lowest BCUT2D eigenvalue weighted by atomic mass is 9.81. The molecule has 2 unspecified atom stereocenters. The lowest BCUT2D eigenvalue weighted by Crippen LogP contribution is -2.32. The molecule has 0 aliphatic rings. The van der Waals surface area contributed by atoms with Gasteiger partial charge >= 0.3 is 0 Å². The Morgan fingerprint density at radius 1 is 1.35 bits per heavy atom. The second-order valence-corrected chi connectivity index (χ2v) is 4.52. The SMILES string of the molecule is C=CCOCC(CC)(CO)CCC(O)CCO. The van der Waals surface area contributed by atoms with Crippen molar-refractivity contribution >= 4 is 0 Å². The topological polar surface area (TPSA) is 69.9 Å². The predicted octanol–water partition coefficient (Wildman–Crippen LogP) is 1.10. The molecule has 102 valence electrons. The average molecular weight is 246 g/mol. The third kappa shape index (κ3) is 6.78. The van der Waals surface area contributed by atoms with Gasteiger partial charge in [-0.25, -0.2) is 0 Å². The third-order valence-electron chi connectivity index (χ3n) is 3.20. The molecule has 0 amide bonds. The Kier molecular flexibility index (Phi) is 9.36. The summed E-state index contributed by atoms with van der Waals surface area (Å²) in [5, 5.41) is 27.8. The van der Waals surface area contributed by atoms with Crippen LogP contribution in [0.4, 0.5) is 0 Å². The minimum Gasteiger partial charge on any atom is -0.396 e. The largest absolute Gasteiger partial charge is 0.396 e. The highest BCUT2D eigenvalue weighted by atomic mass is 16.5. The van der Waals surface area contributed by atoms with E-state index in [0.29, 0.717) is 32.5 Å². The van der Waals surface area contributed by atoms with Gasteiger partial charge in [0.25, 0.3) is 0 Å². The Bertz CT molecular complexity index is 190. The fourth-order valence-corrected chi connectivity index (χ4v) is 1.71. The maximum atomic E-state index is 9.58. The van der Waals surface area contributed by atoms with E-state index >= 15 is 0 Å². The van der Waals surface area contributed by atoms with Crippen LogP contribution in [0.25, 0.3) is 0 Å². The lowest BCUT2D eigenvalue weighted by Gasteiger charge is -2.31. The highest BCUT2D eigenvalue weighted by Gasteiger charge is 2.28. The Labute approximate surface area is 104 Å². The molecule has 17 heavy (non-hydrogen) atoms. The van der Waals surface area contributed by atoms with Gasteiger partial charge in [0.2, 0.25) is 0 Å². The zero-order valence-corrected chi connectivity index (χ0v) is 10.8. The molecule has 0 rings (SSSR count). The molecular weight excluding hydrogens is 220 g/mol. The Morgan fingerprint density at radius 2 is 2.06 bits per heavy atom. The minimum absolute atomic E-state index is 0.00756. The molecule has 0 saturated heterocycles. The van der Waals surface area contributed by atoms with Crippen LogP contribution in [0.1, 0.15) is 32.6 Å². The normalized spacial score (nSPS) is 16.5. The first kappa shape index (κ1) is 16.6. The van der Waals surface area contributed by atoms with Crippen LogP contribution in [-0.2, 0) is 4.74 Å². The van der Waals surface area contributed by atoms with Gasteiger partial charge in [-0.05, 0) is 25.7 Å². The van der Waals surface area contributed by atoms with Crippen LogP contribution in [0.15, 0.2) is 12.7 Å². The van der Waals surface area contributed by atoms with Crippen molar-refractivity contribution in [2.24, 2.45) is 5.41 Å². The average Bonchev–Trinajstić information content (AvgIpc) is 2.34. The molecule has 0 aromatic heterocycles. The van der Waals surface area contributed by atoms with E-state index in [1.54, 1.807) is 6.08 Å². The highest BCUT2D eigenvalue weighted by molar-refractivity contribution is 4.79. The van der Waals surface area contributed by atoms with Crippen molar-refractivity contribution in [3.05, 3.63) is 12.7 Å². The van der Waals surface area contributed by atoms with Crippen molar-refractivity contribution in [1.29, 1.82) is 0 Å². The van der Waals surface area contributed by atoms with E-state index in [1.807, 2.05) is 6.92 Å². The van der Waals surface area contributed by atoms with Crippen LogP contribution in [0.5, 0.6) is 0 Å². The van der Waals surface area contributed by atoms with Gasteiger partial charge < -0.3 is 20.1 Å². The van der Waals surface area contributed by atoms with Gasteiger partial charge in [-0.3, -0.25) is 0 Å². The van der Waals surface area contributed by atoms with E-state index in [0.717, 1.165) is 6.42 Å². The number of aliphatic hydroxyl groups excluding tert-OH is 3. The molecule has 0 radical (unpaired) electrons. The second-order valence-electron chi connectivity index (χ2n) is 4.52. The molecule has 0 spiro atoms. The van der Waals surface area contributed by atoms with Crippen LogP contribution in [0, 0.1) is 5.41 Å². The Morgan fingerprint density at radius 3 is 2.53 bits per heavy atom. The second kappa shape index (κ2) is 9.59. The fourth-order valence-electron chi connectivity index (χ4n) is 1.71. The number of aliphatic hydroxyl groups is 3. The smallest absolute Gasteiger partial charge is 0.0645 e. The van der Waals surface area contributed by atoms with Gasteiger partial charge in [-0.1, -0.05) is 13.0 Å². The molecule has 0 saturated carbocycles. The maximum absolute atomic E-state index is 9.58. The molecule has 0 aromatic carbocycles. The lowest BCUT2D eigenvalue weighted by molar-refractivity contribution is -0.00301. The van der Waals surface area contributed by atoms with Crippen molar-refractivity contribution in [1.82, 2.24) is 0 Å². The molecule has 0 aliphatic carbocycles. The van der Waals surface area contributed by atoms with Crippen molar-refractivity contribution < 1.29 is 20.1 Å². The van der Waals surface area contributed by atoms with Gasteiger partial charge in [0.05, 0.1) is 25.9 Å². The molecule has 2 atom stereocenters. The summed E-state index contributed by atoms with van der Waals surface area (Å²) >= 11 is 0. The number of rotatable bonds is 11. The van der Waals surface area contributed by atoms with Crippen LogP contribution in [-0.4, -0.2) is 47.9 Å². The summed E-state index contributed by atoms with van der Waals surface area (Å²) in [4.78, 5) is 0. The summed E-state index contributed by atoms with van der Waals surface area (Å²) in [6.45, 7) is 6.56. The molecule has 4 nitrogen and oxygen atoms in total. The summed E-state index contributed by atoms with van der Waals surface area (Å²) in [5.74, 6) is 0. The van der Waals surface area contributed by atoms with Gasteiger partial charge in [0.1, 0.15) is 0 Å². The maximum Gasteiger partial charge on any atom is 0.0645 e. The summed E-state index contributed by atoms with van der Waals surface area (Å²) < 4.78 is 5.41. The van der Waals surface area contributed by atoms with E-state index in [1.165, 1.54) is 0 Å². The van der Waals surface area contributed by atoms with E-state index in [-0.39, 0.29) is 18.6 Å². The first-order chi connectivity index (χ1) is 8.14. The Balaban J connectivity index is 4.14. The first-order valence-corrected chi connectivity index (χ1v) is 6.22. The predicted molar refractivity (Wildman–Crippen MR) is 67.8 cm³/mol. The third-order valence-corrected chi connectivity index (χ3v) is 3.20. The van der Waals surface area contributed by atoms with Gasteiger partial charge in [-0.2, -0.15) is 0 Å². The van der Waals surface area contributed by atoms with Crippen molar-refractivity contribution in [2.75, 3.05) is 26.4 Å².